The van der Waals surface area contributed by atoms with Crippen molar-refractivity contribution < 1.29 is 14.1 Å². The molecule has 0 fully saturated rings. The smallest absolute Gasteiger partial charge is 0.322 e. The van der Waals surface area contributed by atoms with Gasteiger partial charge in [-0.05, 0) is 12.1 Å². The second-order valence-electron chi connectivity index (χ2n) is 3.50. The first-order chi connectivity index (χ1) is 8.97. The Kier molecular flexibility index (Phi) is 3.43. The lowest BCUT2D eigenvalue weighted by molar-refractivity contribution is -0.385. The number of nitrogens with one attached hydrogen (secondary N) is 1. The van der Waals surface area contributed by atoms with Gasteiger partial charge in [-0.1, -0.05) is 16.7 Å². The number of hydrogen-bond donors (Lipinski definition) is 1. The summed E-state index contributed by atoms with van der Waals surface area (Å²) in [6.45, 7) is 1.55. The first kappa shape index (κ1) is 13.0. The molecule has 8 nitrogen and oxygen atoms in total. The lowest BCUT2D eigenvalue weighted by Gasteiger charge is -2.02. The number of hydrogen-bond acceptors (Lipinski definition) is 6. The molecule has 0 bridgehead atoms. The summed E-state index contributed by atoms with van der Waals surface area (Å²) in [7, 11) is 0. The average molecular weight is 283 g/mol. The fraction of sp³-hybridized carbons (Fsp3) is 0.100. The highest BCUT2D eigenvalue weighted by Gasteiger charge is 2.21. The number of carbonyl (C=O) groups excluding carboxylic acids is 1. The molecule has 2 aromatic rings. The third-order valence-electron chi connectivity index (χ3n) is 2.15. The quantitative estimate of drug-likeness (QED) is 0.682. The van der Waals surface area contributed by atoms with E-state index in [9.17, 15) is 14.9 Å². The van der Waals surface area contributed by atoms with Gasteiger partial charge in [-0.3, -0.25) is 20.2 Å². The van der Waals surface area contributed by atoms with Gasteiger partial charge in [0.2, 0.25) is 5.89 Å². The van der Waals surface area contributed by atoms with Crippen LogP contribution in [0.15, 0.2) is 22.6 Å². The Labute approximate surface area is 111 Å². The molecule has 2 rings (SSSR count). The Bertz CT molecular complexity index is 655. The number of aromatic nitrogens is 2. The predicted molar refractivity (Wildman–Crippen MR) is 65.1 cm³/mol. The van der Waals surface area contributed by atoms with Gasteiger partial charge in [0, 0.05) is 18.0 Å². The third kappa shape index (κ3) is 2.86. The summed E-state index contributed by atoms with van der Waals surface area (Å²) < 4.78 is 4.95. The number of aryl methyl sites for hydroxylation is 1. The first-order valence-corrected chi connectivity index (χ1v) is 5.40. The Morgan fingerprint density at radius 3 is 2.79 bits per heavy atom. The van der Waals surface area contributed by atoms with E-state index >= 15 is 0 Å². The average Bonchev–Trinajstić information content (AvgIpc) is 2.74. The molecule has 0 radical (unpaired) electrons. The Hall–Kier alpha value is -2.48. The maximum absolute atomic E-state index is 11.9. The van der Waals surface area contributed by atoms with Crippen LogP contribution >= 0.6 is 11.6 Å². The lowest BCUT2D eigenvalue weighted by Crippen LogP contribution is -2.14. The van der Waals surface area contributed by atoms with Crippen molar-refractivity contribution in [2.75, 3.05) is 5.32 Å². The van der Waals surface area contributed by atoms with Gasteiger partial charge in [0.15, 0.2) is 0 Å². The number of benzene rings is 1. The Morgan fingerprint density at radius 2 is 2.21 bits per heavy atom. The van der Waals surface area contributed by atoms with Crippen molar-refractivity contribution in [2.24, 2.45) is 0 Å². The van der Waals surface area contributed by atoms with Crippen molar-refractivity contribution in [1.82, 2.24) is 10.2 Å². The molecule has 98 valence electrons. The van der Waals surface area contributed by atoms with E-state index in [-0.39, 0.29) is 28.2 Å². The van der Waals surface area contributed by atoms with Gasteiger partial charge < -0.3 is 4.42 Å². The second kappa shape index (κ2) is 5.02. The van der Waals surface area contributed by atoms with E-state index in [1.807, 2.05) is 0 Å². The van der Waals surface area contributed by atoms with Gasteiger partial charge >= 0.3 is 6.01 Å². The van der Waals surface area contributed by atoms with Crippen molar-refractivity contribution >= 4 is 29.2 Å². The number of amides is 1. The Balaban J connectivity index is 2.32. The zero-order valence-electron chi connectivity index (χ0n) is 9.58. The topological polar surface area (TPSA) is 111 Å². The number of halogens is 1. The molecule has 0 aliphatic rings. The number of nitro groups is 1. The largest absolute Gasteiger partial charge is 0.408 e. The minimum atomic E-state index is -0.752. The van der Waals surface area contributed by atoms with Crippen LogP contribution in [0.1, 0.15) is 16.2 Å². The van der Waals surface area contributed by atoms with Crippen LogP contribution < -0.4 is 5.32 Å². The maximum Gasteiger partial charge on any atom is 0.322 e. The Morgan fingerprint density at radius 1 is 1.47 bits per heavy atom. The summed E-state index contributed by atoms with van der Waals surface area (Å²) >= 11 is 5.72. The first-order valence-electron chi connectivity index (χ1n) is 5.03. The normalized spacial score (nSPS) is 10.2. The van der Waals surface area contributed by atoms with E-state index in [0.29, 0.717) is 0 Å². The maximum atomic E-state index is 11.9. The van der Waals surface area contributed by atoms with Gasteiger partial charge in [0.05, 0.1) is 4.92 Å². The summed E-state index contributed by atoms with van der Waals surface area (Å²) in [4.78, 5) is 22.0. The monoisotopic (exact) mass is 282 g/mol. The van der Waals surface area contributed by atoms with E-state index in [1.54, 1.807) is 6.92 Å². The van der Waals surface area contributed by atoms with E-state index in [0.717, 1.165) is 6.07 Å². The molecule has 0 saturated heterocycles. The highest BCUT2D eigenvalue weighted by Crippen LogP contribution is 2.23. The van der Waals surface area contributed by atoms with Gasteiger partial charge in [-0.25, -0.2) is 0 Å². The van der Waals surface area contributed by atoms with Crippen molar-refractivity contribution in [1.29, 1.82) is 0 Å². The van der Waals surface area contributed by atoms with Crippen molar-refractivity contribution in [3.8, 4) is 0 Å². The summed E-state index contributed by atoms with van der Waals surface area (Å²) in [6.07, 6.45) is 0. The molecule has 0 atom stereocenters. The van der Waals surface area contributed by atoms with Gasteiger partial charge in [-0.2, -0.15) is 0 Å². The van der Waals surface area contributed by atoms with Gasteiger partial charge in [0.25, 0.3) is 11.6 Å². The highest BCUT2D eigenvalue weighted by molar-refractivity contribution is 6.31. The van der Waals surface area contributed by atoms with Crippen molar-refractivity contribution in [2.45, 2.75) is 6.92 Å². The number of rotatable bonds is 3. The van der Waals surface area contributed by atoms with E-state index in [2.05, 4.69) is 15.5 Å². The molecule has 0 unspecified atom stereocenters. The highest BCUT2D eigenvalue weighted by atomic mass is 35.5. The van der Waals surface area contributed by atoms with Crippen LogP contribution in [0.5, 0.6) is 0 Å². The van der Waals surface area contributed by atoms with Crippen LogP contribution in [0.4, 0.5) is 11.7 Å². The molecular weight excluding hydrogens is 276 g/mol. The van der Waals surface area contributed by atoms with E-state index in [1.165, 1.54) is 12.1 Å². The molecule has 1 aromatic heterocycles. The van der Waals surface area contributed by atoms with Crippen molar-refractivity contribution in [3.05, 3.63) is 44.8 Å². The van der Waals surface area contributed by atoms with Crippen LogP contribution in [0, 0.1) is 17.0 Å². The second-order valence-corrected chi connectivity index (χ2v) is 3.94. The summed E-state index contributed by atoms with van der Waals surface area (Å²) in [5.74, 6) is -0.492. The molecular formula is C10H7ClN4O4. The number of nitrogens with zero attached hydrogens (tertiary/aromatic N) is 3. The molecule has 1 heterocycles. The molecule has 9 heteroatoms. The molecule has 19 heavy (non-hydrogen) atoms. The van der Waals surface area contributed by atoms with Crippen LogP contribution in [0.2, 0.25) is 5.02 Å². The summed E-state index contributed by atoms with van der Waals surface area (Å²) in [5.41, 5.74) is -0.550. The number of nitro benzene ring substituents is 1. The minimum absolute atomic E-state index is 0.142. The van der Waals surface area contributed by atoms with E-state index < -0.39 is 10.8 Å². The molecule has 0 aliphatic heterocycles. The van der Waals surface area contributed by atoms with Gasteiger partial charge in [0.1, 0.15) is 5.56 Å². The minimum Gasteiger partial charge on any atom is -0.408 e. The molecule has 1 N–H and O–H groups in total. The number of anilines is 1. The van der Waals surface area contributed by atoms with Crippen LogP contribution in [0.3, 0.4) is 0 Å². The zero-order valence-corrected chi connectivity index (χ0v) is 10.3. The van der Waals surface area contributed by atoms with Crippen LogP contribution in [0.25, 0.3) is 0 Å². The molecule has 0 spiro atoms. The van der Waals surface area contributed by atoms with Crippen LogP contribution in [-0.4, -0.2) is 21.0 Å². The fourth-order valence-corrected chi connectivity index (χ4v) is 1.53. The molecule has 1 aromatic carbocycles. The van der Waals surface area contributed by atoms with Crippen LogP contribution in [-0.2, 0) is 0 Å². The zero-order chi connectivity index (χ0) is 14.0. The lowest BCUT2D eigenvalue weighted by atomic mass is 10.1. The predicted octanol–water partition coefficient (Wildman–Crippen LogP) is 2.19. The van der Waals surface area contributed by atoms with E-state index in [4.69, 9.17) is 16.0 Å². The molecule has 0 saturated carbocycles. The molecule has 0 aliphatic carbocycles. The summed E-state index contributed by atoms with van der Waals surface area (Å²) in [6, 6.07) is 3.53. The molecule has 1 amide bonds. The van der Waals surface area contributed by atoms with Gasteiger partial charge in [-0.15, -0.1) is 5.10 Å². The summed E-state index contributed by atoms with van der Waals surface area (Å²) in [5, 5.41) is 20.4. The number of carbonyl (C=O) groups is 1. The standard InChI is InChI=1S/C10H7ClN4O4/c1-5-13-14-10(19-5)12-9(16)7-4-6(11)2-3-8(7)15(17)18/h2-4H,1H3,(H,12,14,16). The van der Waals surface area contributed by atoms with Crippen molar-refractivity contribution in [3.63, 3.8) is 0 Å². The SMILES string of the molecule is Cc1nnc(NC(=O)c2cc(Cl)ccc2[N+](=O)[O-])o1. The fourth-order valence-electron chi connectivity index (χ4n) is 1.36. The third-order valence-corrected chi connectivity index (χ3v) is 2.38.